The summed E-state index contributed by atoms with van der Waals surface area (Å²) in [6.45, 7) is 3.91. The Kier molecular flexibility index (Phi) is 24.9. The van der Waals surface area contributed by atoms with E-state index in [-0.39, 0.29) is 12.6 Å². The summed E-state index contributed by atoms with van der Waals surface area (Å²) in [5.41, 5.74) is 0. The zero-order chi connectivity index (χ0) is 26.7. The Hall–Kier alpha value is -0.990. The van der Waals surface area contributed by atoms with E-state index in [4.69, 9.17) is 14.5 Å². The van der Waals surface area contributed by atoms with E-state index >= 15 is 0 Å². The third kappa shape index (κ3) is 27.6. The average molecular weight is 538 g/mol. The van der Waals surface area contributed by atoms with Gasteiger partial charge in [0.2, 0.25) is 0 Å². The Morgan fingerprint density at radius 1 is 0.833 bits per heavy atom. The van der Waals surface area contributed by atoms with Crippen molar-refractivity contribution in [3.05, 3.63) is 0 Å². The van der Waals surface area contributed by atoms with Crippen molar-refractivity contribution in [1.82, 2.24) is 5.32 Å². The number of carbonyl (C=O) groups excluding carboxylic acids is 2. The van der Waals surface area contributed by atoms with Gasteiger partial charge in [-0.15, -0.1) is 0 Å². The Bertz CT molecular complexity index is 558. The predicted octanol–water partition coefficient (Wildman–Crippen LogP) is 5.81. The summed E-state index contributed by atoms with van der Waals surface area (Å²) in [6, 6.07) is 0. The summed E-state index contributed by atoms with van der Waals surface area (Å²) in [5, 5.41) is 3.21. The van der Waals surface area contributed by atoms with Crippen LogP contribution >= 0.6 is 7.82 Å². The molecule has 0 fully saturated rings. The smallest absolute Gasteiger partial charge is 0.468 e. The summed E-state index contributed by atoms with van der Waals surface area (Å²) >= 11 is 0. The number of esters is 1. The number of hydrogen-bond donors (Lipinski definition) is 3. The molecule has 0 aromatic carbocycles. The third-order valence-corrected chi connectivity index (χ3v) is 6.50. The van der Waals surface area contributed by atoms with E-state index in [9.17, 15) is 14.2 Å². The van der Waals surface area contributed by atoms with Crippen molar-refractivity contribution < 1.29 is 37.9 Å². The second kappa shape index (κ2) is 25.7. The monoisotopic (exact) mass is 537 g/mol. The molecule has 0 saturated carbocycles. The molecule has 0 aromatic rings. The van der Waals surface area contributed by atoms with E-state index < -0.39 is 13.9 Å². The minimum Gasteiger partial charge on any atom is -0.468 e. The van der Waals surface area contributed by atoms with E-state index in [1.807, 2.05) is 0 Å². The van der Waals surface area contributed by atoms with Crippen molar-refractivity contribution in [3.63, 3.8) is 0 Å². The highest BCUT2D eigenvalue weighted by molar-refractivity contribution is 7.46. The van der Waals surface area contributed by atoms with Gasteiger partial charge in [-0.1, -0.05) is 96.8 Å². The Morgan fingerprint density at radius 2 is 1.36 bits per heavy atom. The topological polar surface area (TPSA) is 131 Å². The van der Waals surface area contributed by atoms with Crippen molar-refractivity contribution >= 4 is 20.3 Å². The third-order valence-electron chi connectivity index (χ3n) is 6.02. The van der Waals surface area contributed by atoms with Gasteiger partial charge in [-0.2, -0.15) is 0 Å². The van der Waals surface area contributed by atoms with Gasteiger partial charge >= 0.3 is 13.8 Å². The van der Waals surface area contributed by atoms with Crippen LogP contribution in [-0.2, 0) is 28.2 Å². The van der Waals surface area contributed by atoms with E-state index in [1.54, 1.807) is 0 Å². The first-order chi connectivity index (χ1) is 17.4. The molecule has 214 valence electrons. The molecular formula is C26H52NO8P. The van der Waals surface area contributed by atoms with Crippen LogP contribution in [0, 0.1) is 0 Å². The molecule has 0 radical (unpaired) electrons. The number of hydrogen-bond acceptors (Lipinski definition) is 7. The van der Waals surface area contributed by atoms with Crippen LogP contribution in [0.4, 0.5) is 0 Å². The van der Waals surface area contributed by atoms with Crippen molar-refractivity contribution in [2.45, 2.75) is 129 Å². The van der Waals surface area contributed by atoms with Gasteiger partial charge in [-0.05, 0) is 25.8 Å². The number of phosphoric acid groups is 1. The van der Waals surface area contributed by atoms with E-state index in [0.717, 1.165) is 64.3 Å². The van der Waals surface area contributed by atoms with Gasteiger partial charge in [0.25, 0.3) is 6.47 Å². The summed E-state index contributed by atoms with van der Waals surface area (Å²) in [5.74, 6) is -0.350. The van der Waals surface area contributed by atoms with Crippen LogP contribution in [0.3, 0.4) is 0 Å². The number of carbonyl (C=O) groups is 2. The summed E-state index contributed by atoms with van der Waals surface area (Å²) < 4.78 is 25.7. The molecule has 0 aromatic heterocycles. The van der Waals surface area contributed by atoms with Crippen molar-refractivity contribution in [2.75, 3.05) is 26.3 Å². The van der Waals surface area contributed by atoms with Crippen LogP contribution in [-0.4, -0.2) is 54.6 Å². The molecule has 0 rings (SSSR count). The Labute approximate surface area is 218 Å². The summed E-state index contributed by atoms with van der Waals surface area (Å²) in [6.07, 6.45) is 18.7. The fraction of sp³-hybridized carbons (Fsp3) is 0.923. The van der Waals surface area contributed by atoms with Gasteiger partial charge in [0, 0.05) is 13.0 Å². The zero-order valence-corrected chi connectivity index (χ0v) is 23.4. The molecule has 0 heterocycles. The fourth-order valence-electron chi connectivity index (χ4n) is 3.95. The highest BCUT2D eigenvalue weighted by Crippen LogP contribution is 2.35. The molecule has 0 aliphatic rings. The van der Waals surface area contributed by atoms with Gasteiger partial charge < -0.3 is 24.6 Å². The van der Waals surface area contributed by atoms with Crippen molar-refractivity contribution in [3.8, 4) is 0 Å². The van der Waals surface area contributed by atoms with Gasteiger partial charge in [-0.25, -0.2) is 4.57 Å². The summed E-state index contributed by atoms with van der Waals surface area (Å²) in [7, 11) is -4.62. The first-order valence-electron chi connectivity index (χ1n) is 14.0. The van der Waals surface area contributed by atoms with Crippen molar-refractivity contribution in [1.29, 1.82) is 0 Å². The van der Waals surface area contributed by atoms with E-state index in [1.165, 1.54) is 51.4 Å². The molecule has 0 spiro atoms. The van der Waals surface area contributed by atoms with Crippen molar-refractivity contribution in [2.24, 2.45) is 0 Å². The molecule has 10 heteroatoms. The van der Waals surface area contributed by atoms with Crippen LogP contribution in [0.15, 0.2) is 0 Å². The number of rotatable bonds is 28. The zero-order valence-electron chi connectivity index (χ0n) is 22.5. The van der Waals surface area contributed by atoms with E-state index in [2.05, 4.69) is 21.5 Å². The van der Waals surface area contributed by atoms with Crippen LogP contribution in [0.25, 0.3) is 0 Å². The normalized spacial score (nSPS) is 12.4. The lowest BCUT2D eigenvalue weighted by Crippen LogP contribution is -2.35. The molecule has 9 nitrogen and oxygen atoms in total. The molecule has 0 unspecified atom stereocenters. The SMILES string of the molecule is CCCCCCCCCCCC(=O)O[C@@H](CNCCCCCCCCCCOC=O)COP(=O)(O)O. The molecular weight excluding hydrogens is 485 g/mol. The highest BCUT2D eigenvalue weighted by atomic mass is 31.2. The maximum atomic E-state index is 12.2. The molecule has 0 saturated heterocycles. The first-order valence-corrected chi connectivity index (χ1v) is 15.6. The summed E-state index contributed by atoms with van der Waals surface area (Å²) in [4.78, 5) is 40.2. The lowest BCUT2D eigenvalue weighted by molar-refractivity contribution is -0.150. The average Bonchev–Trinajstić information content (AvgIpc) is 2.83. The second-order valence-electron chi connectivity index (χ2n) is 9.48. The largest absolute Gasteiger partial charge is 0.469 e. The quantitative estimate of drug-likeness (QED) is 0.0489. The predicted molar refractivity (Wildman–Crippen MR) is 142 cm³/mol. The number of nitrogens with one attached hydrogen (secondary N) is 1. The van der Waals surface area contributed by atoms with Crippen LogP contribution < -0.4 is 5.32 Å². The lowest BCUT2D eigenvalue weighted by atomic mass is 10.1. The number of phosphoric ester groups is 1. The first kappa shape index (κ1) is 35.0. The molecule has 36 heavy (non-hydrogen) atoms. The maximum absolute atomic E-state index is 12.2. The Morgan fingerprint density at radius 3 is 1.92 bits per heavy atom. The molecule has 0 aliphatic carbocycles. The molecule has 0 bridgehead atoms. The molecule has 3 N–H and O–H groups in total. The van der Waals surface area contributed by atoms with Crippen LogP contribution in [0.5, 0.6) is 0 Å². The highest BCUT2D eigenvalue weighted by Gasteiger charge is 2.21. The maximum Gasteiger partial charge on any atom is 0.469 e. The second-order valence-corrected chi connectivity index (χ2v) is 10.7. The minimum absolute atomic E-state index is 0.298. The van der Waals surface area contributed by atoms with Gasteiger partial charge in [0.15, 0.2) is 0 Å². The van der Waals surface area contributed by atoms with Gasteiger partial charge in [-0.3, -0.25) is 14.1 Å². The minimum atomic E-state index is -4.62. The Balaban J connectivity index is 3.90. The van der Waals surface area contributed by atoms with Crippen LogP contribution in [0.2, 0.25) is 0 Å². The molecule has 0 aliphatic heterocycles. The lowest BCUT2D eigenvalue weighted by Gasteiger charge is -2.19. The van der Waals surface area contributed by atoms with Crippen LogP contribution in [0.1, 0.15) is 122 Å². The van der Waals surface area contributed by atoms with Gasteiger partial charge in [0.1, 0.15) is 6.10 Å². The fourth-order valence-corrected chi connectivity index (χ4v) is 4.31. The standard InChI is InChI=1S/C26H52NO8P/c1-2-3-4-5-6-7-10-13-16-19-26(29)35-25(23-34-36(30,31)32)22-27-20-17-14-11-8-9-12-15-18-21-33-24-28/h24-25,27H,2-23H2,1H3,(H2,30,31,32)/t25-/m0/s1. The number of ether oxygens (including phenoxy) is 2. The number of unbranched alkanes of at least 4 members (excludes halogenated alkanes) is 15. The molecule has 0 amide bonds. The molecule has 1 atom stereocenters. The van der Waals surface area contributed by atoms with E-state index in [0.29, 0.717) is 26.0 Å². The van der Waals surface area contributed by atoms with Gasteiger partial charge in [0.05, 0.1) is 13.2 Å².